The summed E-state index contributed by atoms with van der Waals surface area (Å²) in [4.78, 5) is 4.54. The number of anilines is 4. The number of aliphatic hydroxyl groups is 2. The van der Waals surface area contributed by atoms with Crippen LogP contribution in [0.25, 0.3) is 0 Å². The van der Waals surface area contributed by atoms with Gasteiger partial charge in [-0.1, -0.05) is 36.4 Å². The van der Waals surface area contributed by atoms with E-state index in [1.807, 2.05) is 24.3 Å². The molecule has 0 bridgehead atoms. The van der Waals surface area contributed by atoms with Gasteiger partial charge < -0.3 is 20.0 Å². The Hall–Kier alpha value is -2.82. The Morgan fingerprint density at radius 1 is 0.630 bits per heavy atom. The standard InChI is InChI=1S/C23H24N2O2/c1-16(26)18-7-11-20(12-8-18)24-15-25(23-6-4-3-5-22(23)24)21-13-9-19(10-14-21)17(2)27/h3-14,16-17,26-27H,15H2,1-2H3. The summed E-state index contributed by atoms with van der Waals surface area (Å²) in [5.74, 6) is 0. The highest BCUT2D eigenvalue weighted by Gasteiger charge is 2.27. The van der Waals surface area contributed by atoms with Crippen LogP contribution in [0, 0.1) is 0 Å². The molecule has 27 heavy (non-hydrogen) atoms. The molecule has 0 radical (unpaired) electrons. The van der Waals surface area contributed by atoms with Crippen LogP contribution in [-0.2, 0) is 0 Å². The number of aliphatic hydroxyl groups excluding tert-OH is 2. The van der Waals surface area contributed by atoms with Crippen LogP contribution in [0.1, 0.15) is 37.2 Å². The number of nitrogens with zero attached hydrogens (tertiary/aromatic N) is 2. The van der Waals surface area contributed by atoms with Crippen LogP contribution in [0.3, 0.4) is 0 Å². The van der Waals surface area contributed by atoms with Crippen LogP contribution < -0.4 is 9.80 Å². The van der Waals surface area contributed by atoms with Gasteiger partial charge in [0, 0.05) is 11.4 Å². The molecule has 3 aromatic rings. The van der Waals surface area contributed by atoms with E-state index in [0.717, 1.165) is 33.9 Å². The smallest absolute Gasteiger partial charge is 0.100 e. The second kappa shape index (κ2) is 7.06. The lowest BCUT2D eigenvalue weighted by Gasteiger charge is -2.22. The second-order valence-electron chi connectivity index (χ2n) is 7.02. The lowest BCUT2D eigenvalue weighted by atomic mass is 10.1. The predicted molar refractivity (Wildman–Crippen MR) is 110 cm³/mol. The molecule has 3 aromatic carbocycles. The molecule has 0 fully saturated rings. The van der Waals surface area contributed by atoms with E-state index in [1.165, 1.54) is 0 Å². The minimum atomic E-state index is -0.464. The number of rotatable bonds is 4. The van der Waals surface area contributed by atoms with Gasteiger partial charge in [0.2, 0.25) is 0 Å². The quantitative estimate of drug-likeness (QED) is 0.684. The van der Waals surface area contributed by atoms with Gasteiger partial charge in [-0.2, -0.15) is 0 Å². The van der Waals surface area contributed by atoms with Gasteiger partial charge in [0.15, 0.2) is 0 Å². The van der Waals surface area contributed by atoms with Crippen molar-refractivity contribution in [3.8, 4) is 0 Å². The van der Waals surface area contributed by atoms with E-state index < -0.39 is 12.2 Å². The van der Waals surface area contributed by atoms with Crippen LogP contribution in [0.15, 0.2) is 72.8 Å². The van der Waals surface area contributed by atoms with E-state index in [4.69, 9.17) is 0 Å². The fourth-order valence-electron chi connectivity index (χ4n) is 3.52. The van der Waals surface area contributed by atoms with Crippen LogP contribution >= 0.6 is 0 Å². The average Bonchev–Trinajstić information content (AvgIpc) is 3.08. The molecule has 0 aromatic heterocycles. The number of para-hydroxylation sites is 2. The first-order chi connectivity index (χ1) is 13.0. The summed E-state index contributed by atoms with van der Waals surface area (Å²) in [5.41, 5.74) is 6.32. The second-order valence-corrected chi connectivity index (χ2v) is 7.02. The molecular weight excluding hydrogens is 336 g/mol. The Kier molecular flexibility index (Phi) is 4.60. The summed E-state index contributed by atoms with van der Waals surface area (Å²) in [6.07, 6.45) is -0.928. The Morgan fingerprint density at radius 3 is 1.33 bits per heavy atom. The van der Waals surface area contributed by atoms with Gasteiger partial charge in [-0.15, -0.1) is 0 Å². The maximum Gasteiger partial charge on any atom is 0.100 e. The lowest BCUT2D eigenvalue weighted by molar-refractivity contribution is 0.199. The maximum absolute atomic E-state index is 9.75. The lowest BCUT2D eigenvalue weighted by Crippen LogP contribution is -2.23. The molecule has 1 aliphatic heterocycles. The van der Waals surface area contributed by atoms with E-state index in [2.05, 4.69) is 58.3 Å². The molecule has 0 aliphatic carbocycles. The van der Waals surface area contributed by atoms with E-state index >= 15 is 0 Å². The molecule has 2 unspecified atom stereocenters. The summed E-state index contributed by atoms with van der Waals surface area (Å²) >= 11 is 0. The van der Waals surface area contributed by atoms with Gasteiger partial charge >= 0.3 is 0 Å². The first kappa shape index (κ1) is 17.6. The van der Waals surface area contributed by atoms with Crippen molar-refractivity contribution < 1.29 is 10.2 Å². The van der Waals surface area contributed by atoms with Crippen molar-refractivity contribution in [3.63, 3.8) is 0 Å². The maximum atomic E-state index is 9.75. The highest BCUT2D eigenvalue weighted by atomic mass is 16.3. The highest BCUT2D eigenvalue weighted by Crippen LogP contribution is 2.44. The zero-order valence-corrected chi connectivity index (χ0v) is 15.6. The molecule has 0 amide bonds. The average molecular weight is 360 g/mol. The Labute approximate surface area is 159 Å². The SMILES string of the molecule is CC(O)c1ccc(N2CN(c3ccc(C(C)O)cc3)c3ccccc32)cc1. The fraction of sp³-hybridized carbons (Fsp3) is 0.217. The Bertz CT molecular complexity index is 841. The van der Waals surface area contributed by atoms with E-state index in [1.54, 1.807) is 13.8 Å². The van der Waals surface area contributed by atoms with Crippen LogP contribution in [0.4, 0.5) is 22.7 Å². The molecule has 4 heteroatoms. The van der Waals surface area contributed by atoms with Gasteiger partial charge in [-0.25, -0.2) is 0 Å². The Balaban J connectivity index is 1.68. The third-order valence-electron chi connectivity index (χ3n) is 5.12. The monoisotopic (exact) mass is 360 g/mol. The largest absolute Gasteiger partial charge is 0.389 e. The van der Waals surface area contributed by atoms with Crippen molar-refractivity contribution >= 4 is 22.7 Å². The first-order valence-corrected chi connectivity index (χ1v) is 9.25. The molecule has 4 rings (SSSR count). The van der Waals surface area contributed by atoms with Gasteiger partial charge in [0.25, 0.3) is 0 Å². The van der Waals surface area contributed by atoms with Gasteiger partial charge in [-0.3, -0.25) is 0 Å². The number of hydrogen-bond donors (Lipinski definition) is 2. The molecule has 138 valence electrons. The van der Waals surface area contributed by atoms with Crippen molar-refractivity contribution in [2.75, 3.05) is 16.5 Å². The Morgan fingerprint density at radius 2 is 1.00 bits per heavy atom. The molecule has 0 saturated carbocycles. The summed E-state index contributed by atoms with van der Waals surface area (Å²) in [6, 6.07) is 24.5. The normalized spacial score (nSPS) is 15.6. The van der Waals surface area contributed by atoms with Crippen molar-refractivity contribution in [2.24, 2.45) is 0 Å². The molecule has 2 atom stereocenters. The van der Waals surface area contributed by atoms with Crippen LogP contribution in [-0.4, -0.2) is 16.9 Å². The number of fused-ring (bicyclic) bond motifs is 1. The van der Waals surface area contributed by atoms with E-state index in [9.17, 15) is 10.2 Å². The molecule has 2 N–H and O–H groups in total. The summed E-state index contributed by atoms with van der Waals surface area (Å²) in [5, 5.41) is 19.5. The fourth-order valence-corrected chi connectivity index (χ4v) is 3.52. The third kappa shape index (κ3) is 3.29. The zero-order chi connectivity index (χ0) is 19.0. The van der Waals surface area contributed by atoms with Crippen molar-refractivity contribution in [1.29, 1.82) is 0 Å². The summed E-state index contributed by atoms with van der Waals surface area (Å²) in [6.45, 7) is 4.26. The van der Waals surface area contributed by atoms with Crippen molar-refractivity contribution in [3.05, 3.63) is 83.9 Å². The van der Waals surface area contributed by atoms with Gasteiger partial charge in [-0.05, 0) is 61.4 Å². The molecule has 1 aliphatic rings. The molecule has 0 spiro atoms. The molecule has 1 heterocycles. The predicted octanol–water partition coefficient (Wildman–Crippen LogP) is 5.04. The number of benzene rings is 3. The zero-order valence-electron chi connectivity index (χ0n) is 15.6. The van der Waals surface area contributed by atoms with E-state index in [0.29, 0.717) is 6.67 Å². The summed E-state index contributed by atoms with van der Waals surface area (Å²) in [7, 11) is 0. The van der Waals surface area contributed by atoms with Crippen LogP contribution in [0.5, 0.6) is 0 Å². The van der Waals surface area contributed by atoms with Crippen molar-refractivity contribution in [2.45, 2.75) is 26.1 Å². The van der Waals surface area contributed by atoms with E-state index in [-0.39, 0.29) is 0 Å². The molecular formula is C23H24N2O2. The molecule has 4 nitrogen and oxygen atoms in total. The molecule has 0 saturated heterocycles. The van der Waals surface area contributed by atoms with Gasteiger partial charge in [0.1, 0.15) is 6.67 Å². The minimum absolute atomic E-state index is 0.464. The topological polar surface area (TPSA) is 46.9 Å². The first-order valence-electron chi connectivity index (χ1n) is 9.25. The van der Waals surface area contributed by atoms with Crippen molar-refractivity contribution in [1.82, 2.24) is 0 Å². The third-order valence-corrected chi connectivity index (χ3v) is 5.12. The summed E-state index contributed by atoms with van der Waals surface area (Å²) < 4.78 is 0. The number of hydrogen-bond acceptors (Lipinski definition) is 4. The minimum Gasteiger partial charge on any atom is -0.389 e. The van der Waals surface area contributed by atoms with Gasteiger partial charge in [0.05, 0.1) is 23.6 Å². The highest BCUT2D eigenvalue weighted by molar-refractivity contribution is 5.86. The van der Waals surface area contributed by atoms with Crippen LogP contribution in [0.2, 0.25) is 0 Å².